The lowest BCUT2D eigenvalue weighted by Gasteiger charge is -2.22. The summed E-state index contributed by atoms with van der Waals surface area (Å²) in [5, 5.41) is 0. The third kappa shape index (κ3) is 6.58. The Kier molecular flexibility index (Phi) is 9.11. The Labute approximate surface area is 385 Å². The summed E-state index contributed by atoms with van der Waals surface area (Å²) in [7, 11) is 0. The molecule has 0 saturated heterocycles. The molecule has 0 atom stereocenters. The van der Waals surface area contributed by atoms with Crippen LogP contribution in [0.5, 0.6) is 0 Å². The van der Waals surface area contributed by atoms with Crippen molar-refractivity contribution in [3.8, 4) is 101 Å². The van der Waals surface area contributed by atoms with Gasteiger partial charge in [0.2, 0.25) is 0 Å². The van der Waals surface area contributed by atoms with Crippen molar-refractivity contribution < 1.29 is 0 Å². The minimum Gasteiger partial charge on any atom is -0.228 e. The number of hydrogen-bond donors (Lipinski definition) is 0. The highest BCUT2D eigenvalue weighted by molar-refractivity contribution is 5.85. The van der Waals surface area contributed by atoms with E-state index in [1.165, 1.54) is 44.5 Å². The van der Waals surface area contributed by atoms with E-state index in [4.69, 9.17) is 24.9 Å². The average molecular weight is 848 g/mol. The highest BCUT2D eigenvalue weighted by Crippen LogP contribution is 2.51. The van der Waals surface area contributed by atoms with Crippen LogP contribution in [0.15, 0.2) is 200 Å². The first kappa shape index (κ1) is 39.4. The third-order valence-corrected chi connectivity index (χ3v) is 13.8. The SMILES string of the molecule is CC1(C)c2ccccc2-c2ccc(-c3nc(-c4ccccc4)cc(-c4cccc(-c5cccc(-c6nc(-c7ccccc7)nc(-c7ccc8c(c7)C(C)(C)c7ccccc7-8)n6)c5)c4)n3)cc21. The molecule has 0 unspecified atom stereocenters. The van der Waals surface area contributed by atoms with E-state index in [0.717, 1.165) is 55.9 Å². The summed E-state index contributed by atoms with van der Waals surface area (Å²) in [4.78, 5) is 25.9. The highest BCUT2D eigenvalue weighted by atomic mass is 15.0. The van der Waals surface area contributed by atoms with E-state index in [0.29, 0.717) is 23.3 Å². The van der Waals surface area contributed by atoms with Crippen molar-refractivity contribution in [3.63, 3.8) is 0 Å². The van der Waals surface area contributed by atoms with Gasteiger partial charge in [-0.3, -0.25) is 0 Å². The summed E-state index contributed by atoms with van der Waals surface area (Å²) in [5.74, 6) is 2.60. The number of benzene rings is 8. The van der Waals surface area contributed by atoms with Gasteiger partial charge >= 0.3 is 0 Å². The molecule has 0 amide bonds. The molecule has 8 aromatic carbocycles. The van der Waals surface area contributed by atoms with Crippen LogP contribution < -0.4 is 0 Å². The minimum atomic E-state index is -0.147. The molecule has 10 aromatic rings. The smallest absolute Gasteiger partial charge is 0.164 e. The Morgan fingerprint density at radius 2 is 0.606 bits per heavy atom. The van der Waals surface area contributed by atoms with E-state index in [9.17, 15) is 0 Å². The van der Waals surface area contributed by atoms with Gasteiger partial charge in [-0.2, -0.15) is 0 Å². The summed E-state index contributed by atoms with van der Waals surface area (Å²) in [6, 6.07) is 70.6. The quantitative estimate of drug-likeness (QED) is 0.160. The molecule has 0 fully saturated rings. The Balaban J connectivity index is 0.936. The van der Waals surface area contributed by atoms with E-state index in [1.807, 2.05) is 24.3 Å². The van der Waals surface area contributed by atoms with Crippen LogP contribution in [0.1, 0.15) is 49.9 Å². The van der Waals surface area contributed by atoms with Gasteiger partial charge in [-0.05, 0) is 86.0 Å². The molecule has 66 heavy (non-hydrogen) atoms. The van der Waals surface area contributed by atoms with E-state index in [1.54, 1.807) is 0 Å². The molecule has 0 aliphatic heterocycles. The van der Waals surface area contributed by atoms with Crippen LogP contribution in [0.3, 0.4) is 0 Å². The van der Waals surface area contributed by atoms with Crippen LogP contribution in [0.4, 0.5) is 0 Å². The van der Waals surface area contributed by atoms with Crippen LogP contribution >= 0.6 is 0 Å². The first-order valence-electron chi connectivity index (χ1n) is 22.7. The molecule has 0 spiro atoms. The zero-order valence-electron chi connectivity index (χ0n) is 37.3. The van der Waals surface area contributed by atoms with Crippen LogP contribution in [-0.4, -0.2) is 24.9 Å². The van der Waals surface area contributed by atoms with Crippen molar-refractivity contribution in [1.82, 2.24) is 24.9 Å². The fraction of sp³-hybridized carbons (Fsp3) is 0.0984. The Morgan fingerprint density at radius 3 is 1.15 bits per heavy atom. The van der Waals surface area contributed by atoms with Gasteiger partial charge in [0.15, 0.2) is 23.3 Å². The molecule has 0 radical (unpaired) electrons. The predicted octanol–water partition coefficient (Wildman–Crippen LogP) is 14.9. The molecule has 12 rings (SSSR count). The average Bonchev–Trinajstić information content (AvgIpc) is 3.75. The normalized spacial score (nSPS) is 13.7. The van der Waals surface area contributed by atoms with Crippen molar-refractivity contribution in [2.75, 3.05) is 0 Å². The Morgan fingerprint density at radius 1 is 0.242 bits per heavy atom. The summed E-state index contributed by atoms with van der Waals surface area (Å²) < 4.78 is 0. The van der Waals surface area contributed by atoms with Crippen molar-refractivity contribution in [2.45, 2.75) is 38.5 Å². The van der Waals surface area contributed by atoms with Gasteiger partial charge in [0.1, 0.15) is 0 Å². The van der Waals surface area contributed by atoms with Gasteiger partial charge in [0.05, 0.1) is 11.4 Å². The predicted molar refractivity (Wildman–Crippen MR) is 269 cm³/mol. The van der Waals surface area contributed by atoms with E-state index in [-0.39, 0.29) is 10.8 Å². The molecule has 2 aliphatic rings. The first-order chi connectivity index (χ1) is 32.2. The maximum Gasteiger partial charge on any atom is 0.164 e. The molecule has 0 bridgehead atoms. The zero-order valence-corrected chi connectivity index (χ0v) is 37.3. The lowest BCUT2D eigenvalue weighted by molar-refractivity contribution is 0.660. The second-order valence-electron chi connectivity index (χ2n) is 18.5. The topological polar surface area (TPSA) is 64.5 Å². The van der Waals surface area contributed by atoms with Crippen molar-refractivity contribution >= 4 is 0 Å². The number of nitrogens with zero attached hydrogens (tertiary/aromatic N) is 5. The standard InChI is InChI=1S/C61H45N5/c1-60(2)50-27-13-11-25-46(50)48-31-29-44(35-52(48)60)57-62-54(38-17-7-5-8-18-38)37-55(63-57)42-23-15-21-40(33-42)41-22-16-24-43(34-41)58-64-56(39-19-9-6-10-20-39)65-59(66-58)45-30-32-49-47-26-12-14-28-51(47)61(3,4)53(49)36-45/h5-37H,1-4H3. The largest absolute Gasteiger partial charge is 0.228 e. The van der Waals surface area contributed by atoms with Gasteiger partial charge in [-0.25, -0.2) is 24.9 Å². The second-order valence-corrected chi connectivity index (χ2v) is 18.5. The highest BCUT2D eigenvalue weighted by Gasteiger charge is 2.37. The molecule has 0 N–H and O–H groups in total. The minimum absolute atomic E-state index is 0.136. The first-order valence-corrected chi connectivity index (χ1v) is 22.7. The molecule has 314 valence electrons. The van der Waals surface area contributed by atoms with Gasteiger partial charge in [-0.15, -0.1) is 0 Å². The monoisotopic (exact) mass is 847 g/mol. The van der Waals surface area contributed by atoms with Crippen molar-refractivity contribution in [2.24, 2.45) is 0 Å². The summed E-state index contributed by atoms with van der Waals surface area (Å²) in [6.07, 6.45) is 0. The molecule has 0 saturated carbocycles. The fourth-order valence-corrected chi connectivity index (χ4v) is 10.2. The maximum absolute atomic E-state index is 5.30. The fourth-order valence-electron chi connectivity index (χ4n) is 10.2. The number of rotatable bonds is 7. The van der Waals surface area contributed by atoms with E-state index < -0.39 is 0 Å². The molecule has 2 heterocycles. The molecule has 2 aliphatic carbocycles. The van der Waals surface area contributed by atoms with Crippen molar-refractivity contribution in [1.29, 1.82) is 0 Å². The lowest BCUT2D eigenvalue weighted by Crippen LogP contribution is -2.15. The molecular weight excluding hydrogens is 803 g/mol. The Bertz CT molecular complexity index is 3300. The van der Waals surface area contributed by atoms with Gasteiger partial charge in [0.25, 0.3) is 0 Å². The van der Waals surface area contributed by atoms with Gasteiger partial charge < -0.3 is 0 Å². The van der Waals surface area contributed by atoms with Gasteiger partial charge in [0, 0.05) is 44.2 Å². The molecule has 5 nitrogen and oxygen atoms in total. The number of hydrogen-bond acceptors (Lipinski definition) is 5. The Hall–Kier alpha value is -8.15. The van der Waals surface area contributed by atoms with E-state index >= 15 is 0 Å². The summed E-state index contributed by atoms with van der Waals surface area (Å²) in [6.45, 7) is 9.22. The lowest BCUT2D eigenvalue weighted by atomic mass is 9.82. The zero-order chi connectivity index (χ0) is 44.6. The molecular formula is C61H45N5. The third-order valence-electron chi connectivity index (χ3n) is 13.8. The van der Waals surface area contributed by atoms with Gasteiger partial charge in [-0.1, -0.05) is 198 Å². The van der Waals surface area contributed by atoms with Crippen LogP contribution in [0.25, 0.3) is 101 Å². The summed E-state index contributed by atoms with van der Waals surface area (Å²) in [5.41, 5.74) is 19.8. The number of aromatic nitrogens is 5. The van der Waals surface area contributed by atoms with Crippen LogP contribution in [0.2, 0.25) is 0 Å². The number of fused-ring (bicyclic) bond motifs is 6. The van der Waals surface area contributed by atoms with Crippen LogP contribution in [0, 0.1) is 0 Å². The summed E-state index contributed by atoms with van der Waals surface area (Å²) >= 11 is 0. The molecule has 5 heteroatoms. The molecule has 2 aromatic heterocycles. The second kappa shape index (κ2) is 15.2. The maximum atomic E-state index is 5.30. The van der Waals surface area contributed by atoms with Crippen LogP contribution in [-0.2, 0) is 10.8 Å². The van der Waals surface area contributed by atoms with E-state index in [2.05, 4.69) is 204 Å². The van der Waals surface area contributed by atoms with Crippen molar-refractivity contribution in [3.05, 3.63) is 222 Å².